The molecule has 32 heavy (non-hydrogen) atoms. The Labute approximate surface area is 188 Å². The van der Waals surface area contributed by atoms with E-state index in [1.807, 2.05) is 0 Å². The molecule has 2 aromatic carbocycles. The van der Waals surface area contributed by atoms with Crippen LogP contribution in [0.3, 0.4) is 0 Å². The van der Waals surface area contributed by atoms with E-state index in [0.29, 0.717) is 34.5 Å². The number of aromatic nitrogens is 2. The summed E-state index contributed by atoms with van der Waals surface area (Å²) in [7, 11) is 2.14. The van der Waals surface area contributed by atoms with Gasteiger partial charge in [-0.2, -0.15) is 0 Å². The van der Waals surface area contributed by atoms with Crippen LogP contribution in [0.1, 0.15) is 25.7 Å². The molecule has 2 aliphatic heterocycles. The molecule has 8 nitrogen and oxygen atoms in total. The molecule has 2 aliphatic rings. The zero-order valence-corrected chi connectivity index (χ0v) is 18.1. The average molecular weight is 458 g/mol. The smallest absolute Gasteiger partial charge is 0.311 e. The van der Waals surface area contributed by atoms with E-state index in [-0.39, 0.29) is 22.6 Å². The van der Waals surface area contributed by atoms with Crippen molar-refractivity contribution >= 4 is 39.7 Å². The van der Waals surface area contributed by atoms with Crippen molar-refractivity contribution in [1.82, 2.24) is 14.9 Å². The molecule has 10 heteroatoms. The van der Waals surface area contributed by atoms with Crippen LogP contribution in [-0.2, 0) is 0 Å². The summed E-state index contributed by atoms with van der Waals surface area (Å²) in [4.78, 5) is 22.3. The molecule has 0 amide bonds. The van der Waals surface area contributed by atoms with Crippen molar-refractivity contribution in [1.29, 1.82) is 0 Å². The van der Waals surface area contributed by atoms with Crippen molar-refractivity contribution in [2.45, 2.75) is 43.9 Å². The van der Waals surface area contributed by atoms with Gasteiger partial charge in [-0.15, -0.1) is 0 Å². The molecule has 0 aliphatic carbocycles. The number of nitrogens with one attached hydrogen (secondary N) is 1. The molecule has 166 valence electrons. The number of hydrogen-bond acceptors (Lipinski definition) is 7. The molecule has 0 saturated carbocycles. The van der Waals surface area contributed by atoms with Crippen LogP contribution in [0.25, 0.3) is 10.9 Å². The van der Waals surface area contributed by atoms with Gasteiger partial charge in [-0.1, -0.05) is 11.6 Å². The van der Waals surface area contributed by atoms with Crippen LogP contribution in [0.2, 0.25) is 5.02 Å². The van der Waals surface area contributed by atoms with Gasteiger partial charge in [0.2, 0.25) is 0 Å². The first kappa shape index (κ1) is 20.8. The molecular weight excluding hydrogens is 437 g/mol. The maximum atomic E-state index is 13.5. The highest BCUT2D eigenvalue weighted by molar-refractivity contribution is 6.31. The van der Waals surface area contributed by atoms with Gasteiger partial charge in [0.25, 0.3) is 0 Å². The Kier molecular flexibility index (Phi) is 5.30. The van der Waals surface area contributed by atoms with Crippen molar-refractivity contribution in [3.8, 4) is 5.75 Å². The number of benzene rings is 2. The lowest BCUT2D eigenvalue weighted by atomic mass is 10.0. The minimum Gasteiger partial charge on any atom is -0.483 e. The second-order valence-corrected chi connectivity index (χ2v) is 8.74. The summed E-state index contributed by atoms with van der Waals surface area (Å²) >= 11 is 5.86. The van der Waals surface area contributed by atoms with Crippen LogP contribution >= 0.6 is 11.6 Å². The highest BCUT2D eigenvalue weighted by Gasteiger charge is 2.40. The van der Waals surface area contributed by atoms with Crippen LogP contribution in [0.15, 0.2) is 36.7 Å². The fourth-order valence-electron chi connectivity index (χ4n) is 4.76. The number of halogens is 2. The molecule has 2 fully saturated rings. The lowest BCUT2D eigenvalue weighted by Crippen LogP contribution is -2.43. The standard InChI is InChI=1S/C22H21ClFN5O3/c1-28-13-3-4-14(28)8-15(7-13)32-21-10-19-16(9-20(21)29(30)31)22(26-11-25-19)27-12-2-5-18(24)17(23)6-12/h2,5-6,9-11,13-15H,3-4,7-8H2,1H3,(H,25,26,27). The van der Waals surface area contributed by atoms with Crippen LogP contribution in [0.5, 0.6) is 5.75 Å². The van der Waals surface area contributed by atoms with Crippen LogP contribution in [0, 0.1) is 15.9 Å². The van der Waals surface area contributed by atoms with Crippen LogP contribution in [-0.4, -0.2) is 45.0 Å². The van der Waals surface area contributed by atoms with E-state index in [1.165, 1.54) is 30.6 Å². The Bertz CT molecular complexity index is 1200. The number of nitro benzene ring substituents is 1. The predicted molar refractivity (Wildman–Crippen MR) is 119 cm³/mol. The molecule has 1 N–H and O–H groups in total. The second-order valence-electron chi connectivity index (χ2n) is 8.33. The van der Waals surface area contributed by atoms with Gasteiger partial charge < -0.3 is 15.0 Å². The molecule has 5 rings (SSSR count). The van der Waals surface area contributed by atoms with Crippen molar-refractivity contribution in [3.05, 3.63) is 57.6 Å². The molecule has 2 atom stereocenters. The van der Waals surface area contributed by atoms with Gasteiger partial charge in [-0.25, -0.2) is 14.4 Å². The zero-order valence-electron chi connectivity index (χ0n) is 17.3. The fourth-order valence-corrected chi connectivity index (χ4v) is 4.94. The number of nitrogens with zero attached hydrogens (tertiary/aromatic N) is 4. The SMILES string of the molecule is CN1C2CCC1CC(Oc1cc3ncnc(Nc4ccc(F)c(Cl)c4)c3cc1[N+](=O)[O-])C2. The molecule has 2 saturated heterocycles. The number of anilines is 2. The van der Waals surface area contributed by atoms with Gasteiger partial charge in [0, 0.05) is 29.9 Å². The zero-order chi connectivity index (χ0) is 22.4. The third-order valence-electron chi connectivity index (χ3n) is 6.44. The summed E-state index contributed by atoms with van der Waals surface area (Å²) in [6, 6.07) is 8.09. The lowest BCUT2D eigenvalue weighted by Gasteiger charge is -2.36. The van der Waals surface area contributed by atoms with Gasteiger partial charge in [0.05, 0.1) is 20.8 Å². The Hall–Kier alpha value is -3.04. The number of ether oxygens (including phenoxy) is 1. The quantitative estimate of drug-likeness (QED) is 0.422. The Balaban J connectivity index is 1.48. The minimum atomic E-state index is -0.537. The first-order chi connectivity index (χ1) is 15.4. The van der Waals surface area contributed by atoms with E-state index < -0.39 is 10.7 Å². The highest BCUT2D eigenvalue weighted by Crippen LogP contribution is 2.40. The summed E-state index contributed by atoms with van der Waals surface area (Å²) in [6.45, 7) is 0. The average Bonchev–Trinajstić information content (AvgIpc) is 2.96. The van der Waals surface area contributed by atoms with Gasteiger partial charge >= 0.3 is 5.69 Å². The number of piperidine rings is 1. The molecular formula is C22H21ClFN5O3. The number of hydrogen-bond donors (Lipinski definition) is 1. The van der Waals surface area contributed by atoms with E-state index in [9.17, 15) is 14.5 Å². The third-order valence-corrected chi connectivity index (χ3v) is 6.73. The Morgan fingerprint density at radius 3 is 2.66 bits per heavy atom. The number of fused-ring (bicyclic) bond motifs is 3. The third kappa shape index (κ3) is 3.82. The molecule has 0 radical (unpaired) electrons. The van der Waals surface area contributed by atoms with E-state index in [1.54, 1.807) is 6.07 Å². The van der Waals surface area contributed by atoms with Crippen molar-refractivity contribution in [2.75, 3.05) is 12.4 Å². The maximum absolute atomic E-state index is 13.5. The highest BCUT2D eigenvalue weighted by atomic mass is 35.5. The van der Waals surface area contributed by atoms with Crippen molar-refractivity contribution in [3.63, 3.8) is 0 Å². The summed E-state index contributed by atoms with van der Waals surface area (Å²) in [5.74, 6) is 0.0279. The molecule has 2 unspecified atom stereocenters. The topological polar surface area (TPSA) is 93.4 Å². The van der Waals surface area contributed by atoms with E-state index >= 15 is 0 Å². The Morgan fingerprint density at radius 2 is 1.97 bits per heavy atom. The van der Waals surface area contributed by atoms with Crippen LogP contribution < -0.4 is 10.1 Å². The summed E-state index contributed by atoms with van der Waals surface area (Å²) in [6.07, 6.45) is 5.27. The first-order valence-corrected chi connectivity index (χ1v) is 10.8. The summed E-state index contributed by atoms with van der Waals surface area (Å²) in [5.41, 5.74) is 0.868. The fraction of sp³-hybridized carbons (Fsp3) is 0.364. The summed E-state index contributed by atoms with van der Waals surface area (Å²) in [5, 5.41) is 15.3. The largest absolute Gasteiger partial charge is 0.483 e. The molecule has 3 heterocycles. The molecule has 2 bridgehead atoms. The monoisotopic (exact) mass is 457 g/mol. The minimum absolute atomic E-state index is 0.0397. The van der Waals surface area contributed by atoms with Gasteiger partial charge in [-0.3, -0.25) is 10.1 Å². The normalized spacial score (nSPS) is 22.8. The van der Waals surface area contributed by atoms with Crippen LogP contribution in [0.4, 0.5) is 21.6 Å². The number of nitro groups is 1. The van der Waals surface area contributed by atoms with E-state index in [0.717, 1.165) is 25.7 Å². The van der Waals surface area contributed by atoms with Crippen molar-refractivity contribution in [2.24, 2.45) is 0 Å². The van der Waals surface area contributed by atoms with E-state index in [2.05, 4.69) is 27.2 Å². The van der Waals surface area contributed by atoms with Crippen molar-refractivity contribution < 1.29 is 14.1 Å². The van der Waals surface area contributed by atoms with Gasteiger partial charge in [-0.05, 0) is 50.9 Å². The molecule has 3 aromatic rings. The van der Waals surface area contributed by atoms with Gasteiger partial charge in [0.1, 0.15) is 24.1 Å². The Morgan fingerprint density at radius 1 is 1.22 bits per heavy atom. The predicted octanol–water partition coefficient (Wildman–Crippen LogP) is 5.08. The first-order valence-electron chi connectivity index (χ1n) is 10.4. The molecule has 1 aromatic heterocycles. The molecule has 0 spiro atoms. The number of rotatable bonds is 5. The van der Waals surface area contributed by atoms with Gasteiger partial charge in [0.15, 0.2) is 5.75 Å². The van der Waals surface area contributed by atoms with E-state index in [4.69, 9.17) is 16.3 Å². The lowest BCUT2D eigenvalue weighted by molar-refractivity contribution is -0.386. The second kappa shape index (κ2) is 8.14. The maximum Gasteiger partial charge on any atom is 0.311 e. The summed E-state index contributed by atoms with van der Waals surface area (Å²) < 4.78 is 19.6.